The molecule has 0 N–H and O–H groups in total. The number of aryl methyl sites for hydroxylation is 1. The van der Waals surface area contributed by atoms with Gasteiger partial charge in [-0.05, 0) is 29.2 Å². The van der Waals surface area contributed by atoms with Crippen LogP contribution in [-0.4, -0.2) is 18.0 Å². The minimum Gasteiger partial charge on any atom is -0.465 e. The predicted molar refractivity (Wildman–Crippen MR) is 79.2 cm³/mol. The van der Waals surface area contributed by atoms with E-state index >= 15 is 0 Å². The van der Waals surface area contributed by atoms with Crippen molar-refractivity contribution in [2.75, 3.05) is 7.11 Å². The van der Waals surface area contributed by atoms with E-state index < -0.39 is 10.9 Å². The Kier molecular flexibility index (Phi) is 4.33. The summed E-state index contributed by atoms with van der Waals surface area (Å²) in [6.45, 7) is 2.03. The van der Waals surface area contributed by atoms with Crippen LogP contribution in [0, 0.1) is 10.1 Å². The van der Waals surface area contributed by atoms with Crippen LogP contribution in [0.1, 0.15) is 22.8 Å². The van der Waals surface area contributed by atoms with E-state index in [0.29, 0.717) is 5.56 Å². The number of non-ortho nitro benzene ring substituents is 1. The minimum absolute atomic E-state index is 0.130. The van der Waals surface area contributed by atoms with Gasteiger partial charge in [-0.1, -0.05) is 31.2 Å². The Morgan fingerprint density at radius 3 is 2.57 bits per heavy atom. The summed E-state index contributed by atoms with van der Waals surface area (Å²) >= 11 is 0. The number of carbonyl (C=O) groups excluding carboxylic acids is 1. The molecule has 0 amide bonds. The molecule has 0 unspecified atom stereocenters. The van der Waals surface area contributed by atoms with Crippen molar-refractivity contribution in [3.05, 3.63) is 63.7 Å². The molecule has 108 valence electrons. The molecule has 0 saturated carbocycles. The van der Waals surface area contributed by atoms with Crippen LogP contribution in [0.2, 0.25) is 0 Å². The highest BCUT2D eigenvalue weighted by Crippen LogP contribution is 2.27. The molecule has 0 radical (unpaired) electrons. The summed E-state index contributed by atoms with van der Waals surface area (Å²) in [5.41, 5.74) is 2.63. The molecule has 0 bridgehead atoms. The molecule has 0 heterocycles. The van der Waals surface area contributed by atoms with Gasteiger partial charge >= 0.3 is 5.97 Å². The molecule has 0 spiro atoms. The zero-order chi connectivity index (χ0) is 15.4. The van der Waals surface area contributed by atoms with E-state index in [9.17, 15) is 14.9 Å². The second-order valence-corrected chi connectivity index (χ2v) is 4.57. The first-order chi connectivity index (χ1) is 10.0. The summed E-state index contributed by atoms with van der Waals surface area (Å²) in [5.74, 6) is -0.591. The Labute approximate surface area is 122 Å². The van der Waals surface area contributed by atoms with Gasteiger partial charge < -0.3 is 4.74 Å². The maximum atomic E-state index is 11.7. The van der Waals surface area contributed by atoms with Crippen LogP contribution >= 0.6 is 0 Å². The number of hydrogen-bond donors (Lipinski definition) is 0. The average Bonchev–Trinajstić information content (AvgIpc) is 2.53. The first kappa shape index (κ1) is 14.7. The number of nitrogens with zero attached hydrogens (tertiary/aromatic N) is 1. The quantitative estimate of drug-likeness (QED) is 0.489. The van der Waals surface area contributed by atoms with Crippen LogP contribution in [-0.2, 0) is 11.2 Å². The van der Waals surface area contributed by atoms with Gasteiger partial charge in [-0.3, -0.25) is 10.1 Å². The van der Waals surface area contributed by atoms with Crippen molar-refractivity contribution < 1.29 is 14.5 Å². The molecule has 21 heavy (non-hydrogen) atoms. The number of carbonyl (C=O) groups is 1. The van der Waals surface area contributed by atoms with Gasteiger partial charge in [0.25, 0.3) is 5.69 Å². The first-order valence-electron chi connectivity index (χ1n) is 6.52. The summed E-state index contributed by atoms with van der Waals surface area (Å²) in [4.78, 5) is 22.2. The van der Waals surface area contributed by atoms with Crippen molar-refractivity contribution in [2.45, 2.75) is 13.3 Å². The van der Waals surface area contributed by atoms with E-state index in [1.807, 2.05) is 31.2 Å². The van der Waals surface area contributed by atoms with E-state index in [2.05, 4.69) is 4.74 Å². The number of methoxy groups -OCH3 is 1. The highest BCUT2D eigenvalue weighted by molar-refractivity contribution is 5.92. The topological polar surface area (TPSA) is 69.4 Å². The third-order valence-electron chi connectivity index (χ3n) is 3.22. The number of hydrogen-bond acceptors (Lipinski definition) is 4. The van der Waals surface area contributed by atoms with Crippen molar-refractivity contribution in [2.24, 2.45) is 0 Å². The number of benzene rings is 2. The molecular weight excluding hydrogens is 270 g/mol. The monoisotopic (exact) mass is 285 g/mol. The number of nitro benzene ring substituents is 1. The molecule has 0 aliphatic carbocycles. The largest absolute Gasteiger partial charge is 0.465 e. The minimum atomic E-state index is -0.591. The van der Waals surface area contributed by atoms with Crippen molar-refractivity contribution >= 4 is 11.7 Å². The van der Waals surface area contributed by atoms with Crippen LogP contribution < -0.4 is 0 Å². The average molecular weight is 285 g/mol. The van der Waals surface area contributed by atoms with Crippen LogP contribution in [0.3, 0.4) is 0 Å². The van der Waals surface area contributed by atoms with E-state index in [1.165, 1.54) is 19.2 Å². The third-order valence-corrected chi connectivity index (χ3v) is 3.22. The fourth-order valence-corrected chi connectivity index (χ4v) is 2.09. The smallest absolute Gasteiger partial charge is 0.338 e. The Balaban J connectivity index is 2.58. The fourth-order valence-electron chi connectivity index (χ4n) is 2.09. The zero-order valence-corrected chi connectivity index (χ0v) is 11.8. The van der Waals surface area contributed by atoms with E-state index in [1.54, 1.807) is 6.07 Å². The molecule has 0 aliphatic rings. The van der Waals surface area contributed by atoms with Crippen molar-refractivity contribution in [1.82, 2.24) is 0 Å². The van der Waals surface area contributed by atoms with E-state index in [4.69, 9.17) is 0 Å². The molecule has 2 aromatic rings. The van der Waals surface area contributed by atoms with Gasteiger partial charge in [0.15, 0.2) is 0 Å². The van der Waals surface area contributed by atoms with Gasteiger partial charge in [0, 0.05) is 12.1 Å². The lowest BCUT2D eigenvalue weighted by molar-refractivity contribution is -0.384. The Hall–Kier alpha value is -2.69. The van der Waals surface area contributed by atoms with Crippen molar-refractivity contribution in [3.8, 4) is 11.1 Å². The van der Waals surface area contributed by atoms with Crippen molar-refractivity contribution in [1.29, 1.82) is 0 Å². The maximum Gasteiger partial charge on any atom is 0.338 e. The molecule has 5 heteroatoms. The van der Waals surface area contributed by atoms with Gasteiger partial charge in [0.05, 0.1) is 17.6 Å². The predicted octanol–water partition coefficient (Wildman–Crippen LogP) is 3.61. The summed E-state index contributed by atoms with van der Waals surface area (Å²) < 4.78 is 4.65. The fraction of sp³-hybridized carbons (Fsp3) is 0.188. The Bertz CT molecular complexity index is 694. The second kappa shape index (κ2) is 6.17. The molecule has 0 aliphatic heterocycles. The zero-order valence-electron chi connectivity index (χ0n) is 11.8. The first-order valence-corrected chi connectivity index (χ1v) is 6.52. The Morgan fingerprint density at radius 1 is 1.19 bits per heavy atom. The number of esters is 1. The van der Waals surface area contributed by atoms with Gasteiger partial charge in [0.1, 0.15) is 0 Å². The van der Waals surface area contributed by atoms with Gasteiger partial charge in [0.2, 0.25) is 0 Å². The van der Waals surface area contributed by atoms with Gasteiger partial charge in [-0.25, -0.2) is 4.79 Å². The van der Waals surface area contributed by atoms with Crippen LogP contribution in [0.15, 0.2) is 42.5 Å². The normalized spacial score (nSPS) is 10.2. The SMILES string of the molecule is CCc1cccc(-c2cc(C(=O)OC)cc([N+](=O)[O-])c2)c1. The molecular formula is C16H15NO4. The molecule has 0 aromatic heterocycles. The molecule has 0 saturated heterocycles. The van der Waals surface area contributed by atoms with E-state index in [-0.39, 0.29) is 11.3 Å². The maximum absolute atomic E-state index is 11.7. The van der Waals surface area contributed by atoms with E-state index in [0.717, 1.165) is 17.5 Å². The lowest BCUT2D eigenvalue weighted by Gasteiger charge is -2.07. The standard InChI is InChI=1S/C16H15NO4/c1-3-11-5-4-6-12(7-11)13-8-14(16(18)21-2)10-15(9-13)17(19)20/h4-10H,3H2,1-2H3. The summed E-state index contributed by atoms with van der Waals surface area (Å²) in [7, 11) is 1.25. The lowest BCUT2D eigenvalue weighted by atomic mass is 9.99. The molecule has 5 nitrogen and oxygen atoms in total. The number of ether oxygens (including phenoxy) is 1. The molecule has 2 rings (SSSR count). The summed E-state index contributed by atoms with van der Waals surface area (Å²) in [5, 5.41) is 11.0. The second-order valence-electron chi connectivity index (χ2n) is 4.57. The van der Waals surface area contributed by atoms with Crippen LogP contribution in [0.25, 0.3) is 11.1 Å². The van der Waals surface area contributed by atoms with Crippen molar-refractivity contribution in [3.63, 3.8) is 0 Å². The lowest BCUT2D eigenvalue weighted by Crippen LogP contribution is -2.02. The van der Waals surface area contributed by atoms with Gasteiger partial charge in [-0.2, -0.15) is 0 Å². The molecule has 0 atom stereocenters. The van der Waals surface area contributed by atoms with Crippen LogP contribution in [0.4, 0.5) is 5.69 Å². The Morgan fingerprint density at radius 2 is 1.95 bits per heavy atom. The summed E-state index contributed by atoms with van der Waals surface area (Å²) in [6.07, 6.45) is 0.868. The number of rotatable bonds is 4. The molecule has 0 fully saturated rings. The third kappa shape index (κ3) is 3.25. The highest BCUT2D eigenvalue weighted by Gasteiger charge is 2.15. The highest BCUT2D eigenvalue weighted by atomic mass is 16.6. The van der Waals surface area contributed by atoms with Crippen LogP contribution in [0.5, 0.6) is 0 Å². The summed E-state index contributed by atoms with van der Waals surface area (Å²) in [6, 6.07) is 12.0. The molecule has 2 aromatic carbocycles. The van der Waals surface area contributed by atoms with Gasteiger partial charge in [-0.15, -0.1) is 0 Å². The number of nitro groups is 1.